The van der Waals surface area contributed by atoms with Crippen LogP contribution in [0.1, 0.15) is 24.2 Å². The summed E-state index contributed by atoms with van der Waals surface area (Å²) in [5.41, 5.74) is -0.951. The van der Waals surface area contributed by atoms with Gasteiger partial charge in [-0.25, -0.2) is 13.2 Å². The van der Waals surface area contributed by atoms with Gasteiger partial charge in [-0.3, -0.25) is 9.59 Å². The number of benzene rings is 1. The van der Waals surface area contributed by atoms with Crippen molar-refractivity contribution >= 4 is 11.9 Å². The molecule has 0 saturated heterocycles. The van der Waals surface area contributed by atoms with E-state index in [4.69, 9.17) is 5.11 Å². The fourth-order valence-corrected chi connectivity index (χ4v) is 1.73. The SMILES string of the molecule is CC(C)CN(CC(=O)O)C(=O)c1c(F)cc(F)cc1F. The summed E-state index contributed by atoms with van der Waals surface area (Å²) in [5.74, 6) is -6.37. The number of carboxylic acids is 1. The van der Waals surface area contributed by atoms with Gasteiger partial charge in [0, 0.05) is 18.7 Å². The standard InChI is InChI=1S/C13H14F3NO3/c1-7(2)5-17(6-11(18)19)13(20)12-9(15)3-8(14)4-10(12)16/h3-4,7H,5-6H2,1-2H3,(H,18,19). The highest BCUT2D eigenvalue weighted by Crippen LogP contribution is 2.17. The first kappa shape index (κ1) is 16.0. The summed E-state index contributed by atoms with van der Waals surface area (Å²) < 4.78 is 39.8. The molecule has 0 unspecified atom stereocenters. The molecule has 20 heavy (non-hydrogen) atoms. The van der Waals surface area contributed by atoms with E-state index in [1.165, 1.54) is 0 Å². The number of amides is 1. The zero-order chi connectivity index (χ0) is 15.4. The van der Waals surface area contributed by atoms with Gasteiger partial charge in [-0.15, -0.1) is 0 Å². The first-order chi connectivity index (χ1) is 9.22. The van der Waals surface area contributed by atoms with E-state index in [-0.39, 0.29) is 12.5 Å². The normalized spacial score (nSPS) is 10.7. The monoisotopic (exact) mass is 289 g/mol. The number of nitrogens with zero attached hydrogens (tertiary/aromatic N) is 1. The van der Waals surface area contributed by atoms with Crippen molar-refractivity contribution in [2.24, 2.45) is 5.92 Å². The summed E-state index contributed by atoms with van der Waals surface area (Å²) in [5, 5.41) is 8.73. The van der Waals surface area contributed by atoms with Crippen molar-refractivity contribution in [2.45, 2.75) is 13.8 Å². The Morgan fingerprint density at radius 2 is 1.70 bits per heavy atom. The fraction of sp³-hybridized carbons (Fsp3) is 0.385. The number of carboxylic acid groups (broad SMARTS) is 1. The first-order valence-electron chi connectivity index (χ1n) is 5.88. The molecular weight excluding hydrogens is 275 g/mol. The molecule has 0 aliphatic rings. The molecule has 7 heteroatoms. The van der Waals surface area contributed by atoms with E-state index in [0.29, 0.717) is 12.1 Å². The van der Waals surface area contributed by atoms with Crippen LogP contribution in [0.15, 0.2) is 12.1 Å². The van der Waals surface area contributed by atoms with Crippen molar-refractivity contribution < 1.29 is 27.9 Å². The van der Waals surface area contributed by atoms with Crippen molar-refractivity contribution in [1.29, 1.82) is 0 Å². The van der Waals surface area contributed by atoms with Crippen LogP contribution in [0.4, 0.5) is 13.2 Å². The predicted molar refractivity (Wildman–Crippen MR) is 64.7 cm³/mol. The van der Waals surface area contributed by atoms with Crippen LogP contribution in [0, 0.1) is 23.4 Å². The topological polar surface area (TPSA) is 57.6 Å². The van der Waals surface area contributed by atoms with Gasteiger partial charge in [-0.05, 0) is 5.92 Å². The van der Waals surface area contributed by atoms with E-state index in [1.54, 1.807) is 13.8 Å². The highest BCUT2D eigenvalue weighted by Gasteiger charge is 2.26. The van der Waals surface area contributed by atoms with Crippen LogP contribution in [0.5, 0.6) is 0 Å². The molecule has 0 aliphatic carbocycles. The summed E-state index contributed by atoms with van der Waals surface area (Å²) in [4.78, 5) is 23.6. The van der Waals surface area contributed by atoms with Crippen LogP contribution < -0.4 is 0 Å². The molecule has 1 rings (SSSR count). The highest BCUT2D eigenvalue weighted by atomic mass is 19.1. The minimum absolute atomic E-state index is 0.0153. The quantitative estimate of drug-likeness (QED) is 0.904. The average Bonchev–Trinajstić information content (AvgIpc) is 2.24. The molecule has 0 bridgehead atoms. The zero-order valence-corrected chi connectivity index (χ0v) is 11.0. The highest BCUT2D eigenvalue weighted by molar-refractivity contribution is 5.96. The summed E-state index contributed by atoms with van der Waals surface area (Å²) >= 11 is 0. The molecule has 1 N–H and O–H groups in total. The molecule has 0 saturated carbocycles. The van der Waals surface area contributed by atoms with Crippen molar-refractivity contribution in [1.82, 2.24) is 4.90 Å². The Kier molecular flexibility index (Phi) is 5.12. The van der Waals surface area contributed by atoms with Gasteiger partial charge in [-0.2, -0.15) is 0 Å². The molecule has 1 aromatic rings. The minimum atomic E-state index is -1.35. The second-order valence-electron chi connectivity index (χ2n) is 4.72. The van der Waals surface area contributed by atoms with E-state index in [1.807, 2.05) is 0 Å². The third-order valence-electron chi connectivity index (χ3n) is 2.42. The molecule has 0 spiro atoms. The van der Waals surface area contributed by atoms with E-state index < -0.39 is 41.4 Å². The second-order valence-corrected chi connectivity index (χ2v) is 4.72. The Morgan fingerprint density at radius 1 is 1.20 bits per heavy atom. The van der Waals surface area contributed by atoms with Gasteiger partial charge < -0.3 is 10.0 Å². The van der Waals surface area contributed by atoms with E-state index in [9.17, 15) is 22.8 Å². The number of carbonyl (C=O) groups is 2. The number of carbonyl (C=O) groups excluding carboxylic acids is 1. The first-order valence-corrected chi connectivity index (χ1v) is 5.88. The Bertz CT molecular complexity index is 509. The minimum Gasteiger partial charge on any atom is -0.480 e. The number of halogens is 3. The van der Waals surface area contributed by atoms with Gasteiger partial charge >= 0.3 is 5.97 Å². The molecule has 0 atom stereocenters. The lowest BCUT2D eigenvalue weighted by Crippen LogP contribution is -2.39. The maximum Gasteiger partial charge on any atom is 0.323 e. The zero-order valence-electron chi connectivity index (χ0n) is 11.0. The summed E-state index contributed by atoms with van der Waals surface area (Å²) in [7, 11) is 0. The van der Waals surface area contributed by atoms with Gasteiger partial charge in [0.05, 0.1) is 0 Å². The molecule has 0 aliphatic heterocycles. The number of hydrogen-bond donors (Lipinski definition) is 1. The predicted octanol–water partition coefficient (Wildman–Crippen LogP) is 2.29. The molecule has 110 valence electrons. The van der Waals surface area contributed by atoms with Crippen LogP contribution in [0.3, 0.4) is 0 Å². The van der Waals surface area contributed by atoms with Crippen molar-refractivity contribution in [3.8, 4) is 0 Å². The maximum atomic E-state index is 13.5. The molecule has 4 nitrogen and oxygen atoms in total. The van der Waals surface area contributed by atoms with Crippen LogP contribution in [-0.4, -0.2) is 35.0 Å². The molecule has 0 radical (unpaired) electrons. The lowest BCUT2D eigenvalue weighted by atomic mass is 10.1. The molecule has 1 aromatic carbocycles. The molecule has 0 aromatic heterocycles. The van der Waals surface area contributed by atoms with Crippen molar-refractivity contribution in [2.75, 3.05) is 13.1 Å². The van der Waals surface area contributed by atoms with Gasteiger partial charge in [0.25, 0.3) is 5.91 Å². The average molecular weight is 289 g/mol. The largest absolute Gasteiger partial charge is 0.480 e. The third-order valence-corrected chi connectivity index (χ3v) is 2.42. The number of hydrogen-bond acceptors (Lipinski definition) is 2. The van der Waals surface area contributed by atoms with E-state index in [2.05, 4.69) is 0 Å². The Hall–Kier alpha value is -2.05. The van der Waals surface area contributed by atoms with Crippen LogP contribution >= 0.6 is 0 Å². The fourth-order valence-electron chi connectivity index (χ4n) is 1.73. The Morgan fingerprint density at radius 3 is 2.10 bits per heavy atom. The molecule has 0 heterocycles. The van der Waals surface area contributed by atoms with E-state index >= 15 is 0 Å². The van der Waals surface area contributed by atoms with Crippen molar-refractivity contribution in [3.63, 3.8) is 0 Å². The van der Waals surface area contributed by atoms with Crippen LogP contribution in [-0.2, 0) is 4.79 Å². The lowest BCUT2D eigenvalue weighted by Gasteiger charge is -2.23. The van der Waals surface area contributed by atoms with Gasteiger partial charge in [0.2, 0.25) is 0 Å². The third kappa shape index (κ3) is 3.97. The van der Waals surface area contributed by atoms with Gasteiger partial charge in [0.15, 0.2) is 0 Å². The van der Waals surface area contributed by atoms with E-state index in [0.717, 1.165) is 4.90 Å². The maximum absolute atomic E-state index is 13.5. The lowest BCUT2D eigenvalue weighted by molar-refractivity contribution is -0.137. The Labute approximate surface area is 113 Å². The van der Waals surface area contributed by atoms with Crippen molar-refractivity contribution in [3.05, 3.63) is 35.1 Å². The summed E-state index contributed by atoms with van der Waals surface area (Å²) in [6, 6.07) is 0.759. The smallest absolute Gasteiger partial charge is 0.323 e. The summed E-state index contributed by atoms with van der Waals surface area (Å²) in [6.45, 7) is 2.77. The van der Waals surface area contributed by atoms with Crippen LogP contribution in [0.25, 0.3) is 0 Å². The Balaban J connectivity index is 3.15. The van der Waals surface area contributed by atoms with Gasteiger partial charge in [-0.1, -0.05) is 13.8 Å². The molecule has 0 fully saturated rings. The van der Waals surface area contributed by atoms with Gasteiger partial charge in [0.1, 0.15) is 29.6 Å². The second kappa shape index (κ2) is 6.40. The number of rotatable bonds is 5. The van der Waals surface area contributed by atoms with Crippen LogP contribution in [0.2, 0.25) is 0 Å². The summed E-state index contributed by atoms with van der Waals surface area (Å²) in [6.07, 6.45) is 0. The molecular formula is C13H14F3NO3. The molecule has 1 amide bonds. The number of aliphatic carboxylic acids is 1.